The normalized spacial score (nSPS) is 22.1. The van der Waals surface area contributed by atoms with E-state index < -0.39 is 10.8 Å². The van der Waals surface area contributed by atoms with Gasteiger partial charge in [-0.05, 0) is 55.2 Å². The Morgan fingerprint density at radius 3 is 2.75 bits per heavy atom. The minimum absolute atomic E-state index is 0.157. The number of carbonyl (C=O) groups excluding carboxylic acids is 1. The summed E-state index contributed by atoms with van der Waals surface area (Å²) < 4.78 is 24.6. The summed E-state index contributed by atoms with van der Waals surface area (Å²) in [6.07, 6.45) is 6.15. The van der Waals surface area contributed by atoms with E-state index in [1.807, 2.05) is 29.2 Å². The van der Waals surface area contributed by atoms with Crippen molar-refractivity contribution >= 4 is 44.9 Å². The molecule has 168 valence electrons. The van der Waals surface area contributed by atoms with E-state index in [4.69, 9.17) is 11.6 Å². The van der Waals surface area contributed by atoms with Crippen LogP contribution >= 0.6 is 22.4 Å². The number of amides is 1. The number of hydrogen-bond donors (Lipinski definition) is 2. The quantitative estimate of drug-likeness (QED) is 0.565. The van der Waals surface area contributed by atoms with Crippen LogP contribution in [0.2, 0.25) is 5.02 Å². The molecule has 6 rings (SSSR count). The molecule has 1 aromatic carbocycles. The fourth-order valence-electron chi connectivity index (χ4n) is 5.29. The highest BCUT2D eigenvalue weighted by molar-refractivity contribution is 8.22. The van der Waals surface area contributed by atoms with E-state index in [-0.39, 0.29) is 11.3 Å². The molecule has 0 unspecified atom stereocenters. The molecule has 2 aliphatic heterocycles. The number of fused-ring (bicyclic) bond motifs is 3. The number of halogens is 1. The molecule has 2 N–H and O–H groups in total. The summed E-state index contributed by atoms with van der Waals surface area (Å²) in [6, 6.07) is 9.86. The lowest BCUT2D eigenvalue weighted by molar-refractivity contribution is -0.120. The van der Waals surface area contributed by atoms with Gasteiger partial charge in [0.15, 0.2) is 0 Å². The van der Waals surface area contributed by atoms with Crippen LogP contribution in [0.1, 0.15) is 30.5 Å². The maximum absolute atomic E-state index is 13.4. The maximum atomic E-state index is 13.4. The minimum atomic E-state index is -2.67. The lowest BCUT2D eigenvalue weighted by Gasteiger charge is -2.36. The molecule has 0 atom stereocenters. The number of nitrogens with zero attached hydrogens (tertiary/aromatic N) is 4. The molecule has 9 heteroatoms. The van der Waals surface area contributed by atoms with Crippen molar-refractivity contribution in [1.82, 2.24) is 13.9 Å². The first-order chi connectivity index (χ1) is 15.4. The van der Waals surface area contributed by atoms with Crippen LogP contribution in [-0.4, -0.2) is 47.7 Å². The van der Waals surface area contributed by atoms with Crippen LogP contribution in [0.4, 0.5) is 5.69 Å². The van der Waals surface area contributed by atoms with Crippen molar-refractivity contribution in [3.8, 4) is 0 Å². The molecule has 2 aromatic heterocycles. The molecule has 2 fully saturated rings. The number of rotatable bonds is 5. The molecule has 1 saturated carbocycles. The van der Waals surface area contributed by atoms with Gasteiger partial charge in [0, 0.05) is 47.5 Å². The molecule has 32 heavy (non-hydrogen) atoms. The van der Waals surface area contributed by atoms with Gasteiger partial charge in [0.1, 0.15) is 0 Å². The molecular formula is C23H25ClN4O3S. The van der Waals surface area contributed by atoms with E-state index in [0.717, 1.165) is 47.1 Å². The molecule has 3 aliphatic rings. The van der Waals surface area contributed by atoms with Gasteiger partial charge >= 0.3 is 0 Å². The second kappa shape index (κ2) is 7.20. The SMILES string of the molecule is O=C1N(Cc2cc3cc(Cl)ccc3n2CCN2CCCS2(O)O)c2cnccc2C12CC2. The molecule has 1 saturated heterocycles. The Morgan fingerprint density at radius 1 is 1.16 bits per heavy atom. The summed E-state index contributed by atoms with van der Waals surface area (Å²) in [5.41, 5.74) is 3.66. The van der Waals surface area contributed by atoms with E-state index in [1.165, 1.54) is 0 Å². The molecule has 0 radical (unpaired) electrons. The van der Waals surface area contributed by atoms with Crippen molar-refractivity contribution in [3.63, 3.8) is 0 Å². The van der Waals surface area contributed by atoms with Gasteiger partial charge in [-0.2, -0.15) is 0 Å². The van der Waals surface area contributed by atoms with Crippen LogP contribution in [0.25, 0.3) is 10.9 Å². The fraction of sp³-hybridized carbons (Fsp3) is 0.391. The van der Waals surface area contributed by atoms with E-state index in [9.17, 15) is 13.9 Å². The van der Waals surface area contributed by atoms with Crippen molar-refractivity contribution in [1.29, 1.82) is 0 Å². The first-order valence-electron chi connectivity index (χ1n) is 10.9. The Morgan fingerprint density at radius 2 is 2.00 bits per heavy atom. The summed E-state index contributed by atoms with van der Waals surface area (Å²) in [5.74, 6) is 0.597. The van der Waals surface area contributed by atoms with E-state index in [2.05, 4.69) is 15.6 Å². The van der Waals surface area contributed by atoms with Gasteiger partial charge in [-0.25, -0.2) is 4.31 Å². The van der Waals surface area contributed by atoms with Crippen molar-refractivity contribution in [3.05, 3.63) is 59.0 Å². The van der Waals surface area contributed by atoms with Crippen LogP contribution in [0.5, 0.6) is 0 Å². The zero-order valence-electron chi connectivity index (χ0n) is 17.6. The third-order valence-electron chi connectivity index (χ3n) is 7.09. The highest BCUT2D eigenvalue weighted by Gasteiger charge is 2.59. The van der Waals surface area contributed by atoms with Crippen LogP contribution in [-0.2, 0) is 23.3 Å². The summed E-state index contributed by atoms with van der Waals surface area (Å²) in [7, 11) is -2.67. The molecule has 1 amide bonds. The predicted octanol–water partition coefficient (Wildman–Crippen LogP) is 4.64. The number of carbonyl (C=O) groups is 1. The van der Waals surface area contributed by atoms with Gasteiger partial charge in [-0.15, -0.1) is 10.8 Å². The smallest absolute Gasteiger partial charge is 0.238 e. The van der Waals surface area contributed by atoms with Crippen LogP contribution in [0.3, 0.4) is 0 Å². The third-order valence-corrected chi connectivity index (χ3v) is 9.36. The molecular weight excluding hydrogens is 448 g/mol. The first-order valence-corrected chi connectivity index (χ1v) is 13.0. The highest BCUT2D eigenvalue weighted by Crippen LogP contribution is 2.57. The van der Waals surface area contributed by atoms with Gasteiger partial charge in [-0.1, -0.05) is 11.6 Å². The molecule has 3 aromatic rings. The molecule has 0 bridgehead atoms. The Bertz CT molecular complexity index is 1240. The van der Waals surface area contributed by atoms with Gasteiger partial charge in [0.25, 0.3) is 0 Å². The molecule has 7 nitrogen and oxygen atoms in total. The van der Waals surface area contributed by atoms with Gasteiger partial charge in [0.05, 0.1) is 29.6 Å². The summed E-state index contributed by atoms with van der Waals surface area (Å²) in [6.45, 7) is 2.28. The average molecular weight is 473 g/mol. The number of aromatic nitrogens is 2. The largest absolute Gasteiger partial charge is 0.341 e. The summed E-state index contributed by atoms with van der Waals surface area (Å²) in [4.78, 5) is 19.5. The van der Waals surface area contributed by atoms with E-state index in [0.29, 0.717) is 37.0 Å². The van der Waals surface area contributed by atoms with Crippen LogP contribution in [0, 0.1) is 0 Å². The second-order valence-corrected chi connectivity index (χ2v) is 11.6. The Balaban J connectivity index is 1.36. The monoisotopic (exact) mass is 472 g/mol. The number of hydrogen-bond acceptors (Lipinski definition) is 5. The summed E-state index contributed by atoms with van der Waals surface area (Å²) in [5, 5.41) is 1.68. The molecule has 1 spiro atoms. The van der Waals surface area contributed by atoms with Crippen molar-refractivity contribution in [2.75, 3.05) is 23.7 Å². The fourth-order valence-corrected chi connectivity index (χ4v) is 7.04. The molecule has 4 heterocycles. The highest BCUT2D eigenvalue weighted by atomic mass is 35.5. The van der Waals surface area contributed by atoms with E-state index >= 15 is 0 Å². The molecule has 1 aliphatic carbocycles. The van der Waals surface area contributed by atoms with E-state index in [1.54, 1.807) is 16.7 Å². The van der Waals surface area contributed by atoms with Crippen molar-refractivity contribution in [2.45, 2.75) is 37.8 Å². The van der Waals surface area contributed by atoms with Gasteiger partial charge in [0.2, 0.25) is 5.91 Å². The Labute approximate surface area is 193 Å². The zero-order chi connectivity index (χ0) is 22.1. The van der Waals surface area contributed by atoms with Crippen molar-refractivity contribution < 1.29 is 13.9 Å². The standard InChI is InChI=1S/C23H25ClN4O3S/c24-17-2-3-20-16(12-17)13-18(27(20)10-9-26-8-1-11-32(26,30)31)15-28-21-14-25-7-4-19(21)23(5-6-23)22(28)29/h2-4,7,12-14,30-31H,1,5-6,8-11,15H2. The van der Waals surface area contributed by atoms with Gasteiger partial charge < -0.3 is 9.47 Å². The van der Waals surface area contributed by atoms with Crippen LogP contribution in [0.15, 0.2) is 42.7 Å². The zero-order valence-corrected chi connectivity index (χ0v) is 19.1. The number of benzene rings is 1. The van der Waals surface area contributed by atoms with Gasteiger partial charge in [-0.3, -0.25) is 18.9 Å². The lowest BCUT2D eigenvalue weighted by Crippen LogP contribution is -2.33. The van der Waals surface area contributed by atoms with Crippen molar-refractivity contribution in [2.24, 2.45) is 0 Å². The first kappa shape index (κ1) is 20.5. The Hall–Kier alpha value is -2.10. The average Bonchev–Trinajstić information content (AvgIpc) is 3.35. The third kappa shape index (κ3) is 3.08. The second-order valence-electron chi connectivity index (χ2n) is 8.98. The minimum Gasteiger partial charge on any atom is -0.341 e. The topological polar surface area (TPSA) is 81.8 Å². The van der Waals surface area contributed by atoms with Crippen LogP contribution < -0.4 is 4.90 Å². The predicted molar refractivity (Wildman–Crippen MR) is 127 cm³/mol. The number of pyridine rings is 1. The Kier molecular flexibility index (Phi) is 4.61. The lowest BCUT2D eigenvalue weighted by atomic mass is 9.99. The summed E-state index contributed by atoms with van der Waals surface area (Å²) >= 11 is 6.25. The maximum Gasteiger partial charge on any atom is 0.238 e. The number of anilines is 1.